The minimum Gasteiger partial charge on any atom is -0.497 e. The summed E-state index contributed by atoms with van der Waals surface area (Å²) in [5.41, 5.74) is 14.4. The van der Waals surface area contributed by atoms with Gasteiger partial charge in [0.05, 0.1) is 42.3 Å². The van der Waals surface area contributed by atoms with Crippen molar-refractivity contribution in [3.8, 4) is 16.9 Å². The topological polar surface area (TPSA) is 211 Å². The Kier molecular flexibility index (Phi) is 15.8. The number of thiazole rings is 1. The summed E-state index contributed by atoms with van der Waals surface area (Å²) >= 11 is 1.57. The smallest absolute Gasteiger partial charge is 0.355 e. The van der Waals surface area contributed by atoms with Gasteiger partial charge in [0, 0.05) is 56.0 Å². The number of azide groups is 1. The van der Waals surface area contributed by atoms with Crippen LogP contribution in [0.1, 0.15) is 105 Å². The monoisotopic (exact) mass is 1060 g/mol. The molecule has 0 radical (unpaired) electrons. The molecule has 0 spiro atoms. The number of carboxylic acids is 1. The van der Waals surface area contributed by atoms with Crippen molar-refractivity contribution in [2.24, 2.45) is 26.4 Å². The number of carbonyl (C=O) groups is 1. The molecule has 4 fully saturated rings. The average molecular weight is 1060 g/mol. The van der Waals surface area contributed by atoms with Crippen LogP contribution in [0.4, 0.5) is 17.5 Å². The van der Waals surface area contributed by atoms with Gasteiger partial charge in [0.15, 0.2) is 22.1 Å². The Bertz CT molecular complexity index is 3140. The Morgan fingerprint density at radius 3 is 2.40 bits per heavy atom. The summed E-state index contributed by atoms with van der Waals surface area (Å²) in [4.78, 5) is 29.5. The lowest BCUT2D eigenvalue weighted by Crippen LogP contribution is -2.64. The number of rotatable bonds is 24. The maximum atomic E-state index is 13.8. The number of aliphatic hydroxyl groups is 1. The number of ether oxygens (including phenoxy) is 3. The first-order chi connectivity index (χ1) is 35.8. The standard InChI is InChI=1S/C56H73N11O6SSi/c1-38-26-47(62-63-50(38)61-52-66(37-72-24-25-75(6,7)8)44-14-10-11-15-45(44)74-52)65(21-13-9-12-20-58-64-57)46-28-41(27-40-16-18-42(71-5)19-17-40)48(49(60-46)51(69)70)43-29-59-67(39(43)2)36-55-31-53(3)30-54(4,32-55)34-56(33-53,35-55)73-23-22-68/h10-11,14-19,26,28-29,68H,9,12-13,20-25,27,30-37H2,1-8H3,(H,69,70)/b61-52-. The van der Waals surface area contributed by atoms with Gasteiger partial charge in [-0.2, -0.15) is 10.1 Å². The number of fused-ring (bicyclic) bond motifs is 1. The summed E-state index contributed by atoms with van der Waals surface area (Å²) in [6.45, 7) is 18.7. The number of nitrogens with zero attached hydrogens (tertiary/aromatic N) is 11. The van der Waals surface area contributed by atoms with Gasteiger partial charge in [0.1, 0.15) is 18.3 Å². The molecule has 0 saturated heterocycles. The van der Waals surface area contributed by atoms with Gasteiger partial charge >= 0.3 is 5.97 Å². The SMILES string of the molecule is COc1ccc(Cc2cc(N(CCCCCN=[N+]=[N-])c3cc(C)c(/N=c4\sc5ccccc5n4COCC[Si](C)(C)C)nn3)nc(C(=O)O)c2-c2cnn(CC34CC5(C)CC(C)(C3)CC(OCCO)(C5)C4)c2C)cc1. The molecule has 2 unspecified atom stereocenters. The van der Waals surface area contributed by atoms with Crippen molar-refractivity contribution in [2.75, 3.05) is 44.9 Å². The second-order valence-corrected chi connectivity index (χ2v) is 30.2. The van der Waals surface area contributed by atoms with E-state index in [1.807, 2.05) is 73.5 Å². The fraction of sp³-hybridized carbons (Fsp3) is 0.536. The second kappa shape index (κ2) is 22.0. The van der Waals surface area contributed by atoms with E-state index < -0.39 is 14.0 Å². The predicted molar refractivity (Wildman–Crippen MR) is 296 cm³/mol. The van der Waals surface area contributed by atoms with Gasteiger partial charge in [-0.1, -0.05) is 80.6 Å². The average Bonchev–Trinajstić information content (AvgIpc) is 3.93. The van der Waals surface area contributed by atoms with Crippen molar-refractivity contribution in [1.82, 2.24) is 29.5 Å². The maximum Gasteiger partial charge on any atom is 0.355 e. The molecular formula is C56H73N11O6SSi. The first-order valence-corrected chi connectivity index (χ1v) is 30.9. The summed E-state index contributed by atoms with van der Waals surface area (Å²) in [7, 11) is 0.347. The van der Waals surface area contributed by atoms with Crippen LogP contribution in [-0.4, -0.2) is 99.4 Å². The minimum absolute atomic E-state index is 0.00283. The van der Waals surface area contributed by atoms with Gasteiger partial charge in [0.2, 0.25) is 0 Å². The number of carboxylic acid groups (broad SMARTS) is 1. The van der Waals surface area contributed by atoms with E-state index in [-0.39, 0.29) is 34.1 Å². The lowest BCUT2D eigenvalue weighted by atomic mass is 9.39. The van der Waals surface area contributed by atoms with Crippen LogP contribution in [0.15, 0.2) is 77.0 Å². The normalized spacial score (nSPS) is 22.2. The highest BCUT2D eigenvalue weighted by atomic mass is 32.1. The van der Waals surface area contributed by atoms with Crippen LogP contribution in [0.5, 0.6) is 5.75 Å². The molecule has 2 aromatic carbocycles. The summed E-state index contributed by atoms with van der Waals surface area (Å²) in [5.74, 6) is 0.931. The largest absolute Gasteiger partial charge is 0.497 e. The van der Waals surface area contributed by atoms with Gasteiger partial charge in [0.25, 0.3) is 0 Å². The zero-order valence-corrected chi connectivity index (χ0v) is 46.8. The molecule has 2 N–H and O–H groups in total. The van der Waals surface area contributed by atoms with Crippen molar-refractivity contribution in [3.05, 3.63) is 110 Å². The number of hydrogen-bond donors (Lipinski definition) is 2. The number of anilines is 2. The maximum absolute atomic E-state index is 13.8. The highest BCUT2D eigenvalue weighted by molar-refractivity contribution is 7.16. The molecule has 75 heavy (non-hydrogen) atoms. The highest BCUT2D eigenvalue weighted by Gasteiger charge is 2.66. The molecule has 4 saturated carbocycles. The molecule has 398 valence electrons. The third-order valence-electron chi connectivity index (χ3n) is 15.6. The van der Waals surface area contributed by atoms with Gasteiger partial charge in [-0.05, 0) is 153 Å². The lowest BCUT2D eigenvalue weighted by Gasteiger charge is -2.69. The van der Waals surface area contributed by atoms with E-state index in [0.29, 0.717) is 81.9 Å². The molecule has 19 heteroatoms. The van der Waals surface area contributed by atoms with E-state index in [1.54, 1.807) is 18.4 Å². The van der Waals surface area contributed by atoms with E-state index in [4.69, 9.17) is 45.0 Å². The summed E-state index contributed by atoms with van der Waals surface area (Å²) in [6.07, 6.45) is 10.5. The molecule has 6 aromatic rings. The molecule has 4 bridgehead atoms. The number of unbranched alkanes of at least 4 members (excludes halogenated alkanes) is 2. The second-order valence-electron chi connectivity index (χ2n) is 23.5. The number of hydrogen-bond acceptors (Lipinski definition) is 13. The van der Waals surface area contributed by atoms with Gasteiger partial charge in [-0.25, -0.2) is 9.78 Å². The van der Waals surface area contributed by atoms with E-state index in [1.165, 1.54) is 0 Å². The molecule has 4 aliphatic carbocycles. The van der Waals surface area contributed by atoms with Crippen LogP contribution in [0.3, 0.4) is 0 Å². The molecule has 10 rings (SSSR count). The van der Waals surface area contributed by atoms with Crippen LogP contribution in [-0.2, 0) is 29.2 Å². The van der Waals surface area contributed by atoms with Crippen LogP contribution in [0, 0.1) is 30.1 Å². The molecule has 17 nitrogen and oxygen atoms in total. The van der Waals surface area contributed by atoms with E-state index >= 15 is 0 Å². The Morgan fingerprint density at radius 2 is 1.71 bits per heavy atom. The molecular weight excluding hydrogens is 983 g/mol. The van der Waals surface area contributed by atoms with Crippen LogP contribution >= 0.6 is 11.3 Å². The van der Waals surface area contributed by atoms with Crippen molar-refractivity contribution in [2.45, 2.75) is 136 Å². The Morgan fingerprint density at radius 1 is 0.947 bits per heavy atom. The van der Waals surface area contributed by atoms with Gasteiger partial charge < -0.3 is 29.3 Å². The molecule has 0 amide bonds. The first kappa shape index (κ1) is 53.9. The zero-order chi connectivity index (χ0) is 53.2. The fourth-order valence-electron chi connectivity index (χ4n) is 13.4. The lowest BCUT2D eigenvalue weighted by molar-refractivity contribution is -0.250. The number of methoxy groups -OCH3 is 1. The molecule has 2 atom stereocenters. The number of aliphatic hydroxyl groups excluding tert-OH is 1. The Hall–Kier alpha value is -5.95. The number of aromatic nitrogens is 6. The molecule has 4 heterocycles. The molecule has 4 aliphatic rings. The third kappa shape index (κ3) is 12.0. The molecule has 0 aliphatic heterocycles. The van der Waals surface area contributed by atoms with Gasteiger partial charge in [-0.3, -0.25) is 9.25 Å². The quantitative estimate of drug-likeness (QED) is 0.0191. The van der Waals surface area contributed by atoms with E-state index in [9.17, 15) is 15.0 Å². The van der Waals surface area contributed by atoms with Crippen LogP contribution in [0.2, 0.25) is 25.7 Å². The Labute approximate surface area is 444 Å². The van der Waals surface area contributed by atoms with Crippen molar-refractivity contribution >= 4 is 53.1 Å². The van der Waals surface area contributed by atoms with Crippen molar-refractivity contribution in [3.63, 3.8) is 0 Å². The zero-order valence-electron chi connectivity index (χ0n) is 44.9. The summed E-state index contributed by atoms with van der Waals surface area (Å²) in [6, 6.07) is 21.0. The third-order valence-corrected chi connectivity index (χ3v) is 18.3. The van der Waals surface area contributed by atoms with Crippen LogP contribution in [0.25, 0.3) is 31.8 Å². The fourth-order valence-corrected chi connectivity index (χ4v) is 15.2. The Balaban J connectivity index is 1.11. The number of aryl methyl sites for hydroxylation is 1. The van der Waals surface area contributed by atoms with E-state index in [2.05, 4.69) is 64.9 Å². The first-order valence-electron chi connectivity index (χ1n) is 26.4. The van der Waals surface area contributed by atoms with Gasteiger partial charge in [-0.15, -0.1) is 10.2 Å². The number of para-hydroxylation sites is 1. The summed E-state index contributed by atoms with van der Waals surface area (Å²) in [5, 5.41) is 39.5. The minimum atomic E-state index is -1.29. The highest BCUT2D eigenvalue weighted by Crippen LogP contribution is 2.72. The van der Waals surface area contributed by atoms with Crippen molar-refractivity contribution in [1.29, 1.82) is 0 Å². The van der Waals surface area contributed by atoms with Crippen molar-refractivity contribution < 1.29 is 29.2 Å². The van der Waals surface area contributed by atoms with Crippen LogP contribution < -0.4 is 14.4 Å². The molecule has 4 aromatic heterocycles. The summed E-state index contributed by atoms with van der Waals surface area (Å²) < 4.78 is 23.6. The number of pyridine rings is 1. The number of benzene rings is 2. The van der Waals surface area contributed by atoms with E-state index in [0.717, 1.165) is 99.7 Å². The predicted octanol–water partition coefficient (Wildman–Crippen LogP) is 12.0. The number of aromatic carboxylic acids is 1.